The average Bonchev–Trinajstić information content (AvgIpc) is 2.18. The first kappa shape index (κ1) is 13.1. The molecule has 0 heterocycles. The Morgan fingerprint density at radius 3 is 2.29 bits per heavy atom. The van der Waals surface area contributed by atoms with Gasteiger partial charge in [0, 0.05) is 18.3 Å². The molecule has 0 aliphatic carbocycles. The third-order valence-electron chi connectivity index (χ3n) is 1.76. The summed E-state index contributed by atoms with van der Waals surface area (Å²) in [7, 11) is 3.26. The molecule has 0 amide bonds. The highest BCUT2D eigenvalue weighted by Gasteiger charge is 2.02. The Balaban J connectivity index is 0.00000169. The Hall–Kier alpha value is -0.900. The molecule has 0 spiro atoms. The largest absolute Gasteiger partial charge is 0.493 e. The van der Waals surface area contributed by atoms with Gasteiger partial charge in [-0.1, -0.05) is 0 Å². The van der Waals surface area contributed by atoms with Crippen LogP contribution in [0.2, 0.25) is 0 Å². The van der Waals surface area contributed by atoms with E-state index < -0.39 is 0 Å². The van der Waals surface area contributed by atoms with Crippen molar-refractivity contribution < 1.29 is 9.47 Å². The van der Waals surface area contributed by atoms with Gasteiger partial charge in [0.1, 0.15) is 0 Å². The third kappa shape index (κ3) is 3.10. The van der Waals surface area contributed by atoms with E-state index in [4.69, 9.17) is 9.47 Å². The predicted molar refractivity (Wildman–Crippen MR) is 64.0 cm³/mol. The maximum absolute atomic E-state index is 5.16. The smallest absolute Gasteiger partial charge is 0.162 e. The van der Waals surface area contributed by atoms with Gasteiger partial charge in [0.25, 0.3) is 0 Å². The van der Waals surface area contributed by atoms with Gasteiger partial charge >= 0.3 is 0 Å². The number of hydrogen-bond acceptors (Lipinski definition) is 3. The Morgan fingerprint density at radius 1 is 1.14 bits per heavy atom. The van der Waals surface area contributed by atoms with Crippen LogP contribution < -0.4 is 14.8 Å². The highest BCUT2D eigenvalue weighted by molar-refractivity contribution is 8.93. The predicted octanol–water partition coefficient (Wildman–Crippen LogP) is 2.71. The van der Waals surface area contributed by atoms with Crippen LogP contribution in [0.1, 0.15) is 6.92 Å². The van der Waals surface area contributed by atoms with Gasteiger partial charge in [0.15, 0.2) is 11.5 Å². The number of hydrogen-bond donors (Lipinski definition) is 1. The molecule has 1 aromatic rings. The first-order valence-corrected chi connectivity index (χ1v) is 4.27. The second-order valence-corrected chi connectivity index (χ2v) is 2.60. The van der Waals surface area contributed by atoms with Crippen molar-refractivity contribution in [2.45, 2.75) is 6.92 Å². The summed E-state index contributed by atoms with van der Waals surface area (Å²) in [4.78, 5) is 0. The zero-order valence-electron chi connectivity index (χ0n) is 8.66. The Kier molecular flexibility index (Phi) is 6.12. The van der Waals surface area contributed by atoms with Gasteiger partial charge in [-0.05, 0) is 19.1 Å². The second-order valence-electron chi connectivity index (χ2n) is 2.60. The zero-order chi connectivity index (χ0) is 9.68. The SMILES string of the molecule is Br.CCNc1ccc(OC)c(OC)c1. The molecule has 0 aliphatic heterocycles. The standard InChI is InChI=1S/C10H15NO2.BrH/c1-4-11-8-5-6-9(12-2)10(7-8)13-3;/h5-7,11H,4H2,1-3H3;1H. The zero-order valence-corrected chi connectivity index (χ0v) is 10.4. The molecule has 0 saturated carbocycles. The van der Waals surface area contributed by atoms with Gasteiger partial charge in [0.2, 0.25) is 0 Å². The first-order chi connectivity index (χ1) is 6.31. The van der Waals surface area contributed by atoms with Gasteiger partial charge in [-0.15, -0.1) is 17.0 Å². The molecule has 80 valence electrons. The molecule has 0 fully saturated rings. The maximum atomic E-state index is 5.16. The van der Waals surface area contributed by atoms with E-state index in [0.717, 1.165) is 23.7 Å². The van der Waals surface area contributed by atoms with Crippen LogP contribution in [-0.2, 0) is 0 Å². The monoisotopic (exact) mass is 261 g/mol. The van der Waals surface area contributed by atoms with E-state index in [-0.39, 0.29) is 17.0 Å². The molecule has 0 radical (unpaired) electrons. The number of rotatable bonds is 4. The van der Waals surface area contributed by atoms with Crippen LogP contribution in [0.15, 0.2) is 18.2 Å². The summed E-state index contributed by atoms with van der Waals surface area (Å²) in [5.74, 6) is 1.50. The van der Waals surface area contributed by atoms with Crippen LogP contribution >= 0.6 is 17.0 Å². The summed E-state index contributed by atoms with van der Waals surface area (Å²) in [6.45, 7) is 2.95. The molecular weight excluding hydrogens is 246 g/mol. The van der Waals surface area contributed by atoms with Crippen molar-refractivity contribution in [1.82, 2.24) is 0 Å². The fraction of sp³-hybridized carbons (Fsp3) is 0.400. The van der Waals surface area contributed by atoms with Crippen molar-refractivity contribution in [3.05, 3.63) is 18.2 Å². The molecule has 0 saturated heterocycles. The molecule has 1 aromatic carbocycles. The lowest BCUT2D eigenvalue weighted by Gasteiger charge is -2.09. The van der Waals surface area contributed by atoms with E-state index in [0.29, 0.717) is 0 Å². The minimum Gasteiger partial charge on any atom is -0.493 e. The lowest BCUT2D eigenvalue weighted by Crippen LogP contribution is -1.97. The molecule has 0 aliphatic rings. The fourth-order valence-corrected chi connectivity index (χ4v) is 1.15. The van der Waals surface area contributed by atoms with Crippen molar-refractivity contribution in [1.29, 1.82) is 0 Å². The Labute approximate surface area is 95.2 Å². The first-order valence-electron chi connectivity index (χ1n) is 4.27. The highest BCUT2D eigenvalue weighted by atomic mass is 79.9. The fourth-order valence-electron chi connectivity index (χ4n) is 1.15. The molecular formula is C10H16BrNO2. The number of ether oxygens (including phenoxy) is 2. The summed E-state index contributed by atoms with van der Waals surface area (Å²) < 4.78 is 10.3. The van der Waals surface area contributed by atoms with E-state index in [1.807, 2.05) is 18.2 Å². The molecule has 0 atom stereocenters. The summed E-state index contributed by atoms with van der Waals surface area (Å²) in [6.07, 6.45) is 0. The summed E-state index contributed by atoms with van der Waals surface area (Å²) >= 11 is 0. The lowest BCUT2D eigenvalue weighted by molar-refractivity contribution is 0.355. The van der Waals surface area contributed by atoms with Crippen molar-refractivity contribution >= 4 is 22.7 Å². The van der Waals surface area contributed by atoms with Crippen LogP contribution in [0.5, 0.6) is 11.5 Å². The quantitative estimate of drug-likeness (QED) is 0.905. The van der Waals surface area contributed by atoms with Gasteiger partial charge in [-0.2, -0.15) is 0 Å². The van der Waals surface area contributed by atoms with E-state index in [1.165, 1.54) is 0 Å². The molecule has 3 nitrogen and oxygen atoms in total. The van der Waals surface area contributed by atoms with Gasteiger partial charge < -0.3 is 14.8 Å². The summed E-state index contributed by atoms with van der Waals surface area (Å²) in [5, 5.41) is 3.20. The van der Waals surface area contributed by atoms with Crippen molar-refractivity contribution in [2.24, 2.45) is 0 Å². The van der Waals surface area contributed by atoms with E-state index in [1.54, 1.807) is 14.2 Å². The number of halogens is 1. The number of nitrogens with one attached hydrogen (secondary N) is 1. The minimum atomic E-state index is 0. The van der Waals surface area contributed by atoms with Gasteiger partial charge in [0.05, 0.1) is 14.2 Å². The topological polar surface area (TPSA) is 30.5 Å². The number of benzene rings is 1. The summed E-state index contributed by atoms with van der Waals surface area (Å²) in [5.41, 5.74) is 1.04. The summed E-state index contributed by atoms with van der Waals surface area (Å²) in [6, 6.07) is 5.77. The lowest BCUT2D eigenvalue weighted by atomic mass is 10.2. The maximum Gasteiger partial charge on any atom is 0.162 e. The molecule has 4 heteroatoms. The van der Waals surface area contributed by atoms with E-state index in [9.17, 15) is 0 Å². The second kappa shape index (κ2) is 6.54. The van der Waals surface area contributed by atoms with Crippen molar-refractivity contribution in [3.63, 3.8) is 0 Å². The minimum absolute atomic E-state index is 0. The normalized spacial score (nSPS) is 8.79. The number of anilines is 1. The van der Waals surface area contributed by atoms with Crippen LogP contribution in [0.4, 0.5) is 5.69 Å². The molecule has 0 aromatic heterocycles. The average molecular weight is 262 g/mol. The molecule has 1 N–H and O–H groups in total. The Morgan fingerprint density at radius 2 is 1.79 bits per heavy atom. The van der Waals surface area contributed by atoms with Crippen LogP contribution in [0, 0.1) is 0 Å². The molecule has 0 unspecified atom stereocenters. The molecule has 0 bridgehead atoms. The van der Waals surface area contributed by atoms with E-state index >= 15 is 0 Å². The van der Waals surface area contributed by atoms with Gasteiger partial charge in [-0.25, -0.2) is 0 Å². The Bertz CT molecular complexity index is 279. The molecule has 14 heavy (non-hydrogen) atoms. The van der Waals surface area contributed by atoms with Crippen molar-refractivity contribution in [2.75, 3.05) is 26.1 Å². The third-order valence-corrected chi connectivity index (χ3v) is 1.76. The van der Waals surface area contributed by atoms with E-state index in [2.05, 4.69) is 12.2 Å². The number of methoxy groups -OCH3 is 2. The van der Waals surface area contributed by atoms with Gasteiger partial charge in [-0.3, -0.25) is 0 Å². The van der Waals surface area contributed by atoms with Crippen LogP contribution in [0.25, 0.3) is 0 Å². The highest BCUT2D eigenvalue weighted by Crippen LogP contribution is 2.29. The molecule has 1 rings (SSSR count). The van der Waals surface area contributed by atoms with Crippen molar-refractivity contribution in [3.8, 4) is 11.5 Å². The van der Waals surface area contributed by atoms with Crippen LogP contribution in [-0.4, -0.2) is 20.8 Å². The van der Waals surface area contributed by atoms with Crippen LogP contribution in [0.3, 0.4) is 0 Å².